The Bertz CT molecular complexity index is 514. The molecule has 2 aromatic carbocycles. The first-order valence-electron chi connectivity index (χ1n) is 6.47. The van der Waals surface area contributed by atoms with E-state index in [1.54, 1.807) is 24.3 Å². The quantitative estimate of drug-likeness (QED) is 0.857. The third-order valence-corrected chi connectivity index (χ3v) is 3.06. The van der Waals surface area contributed by atoms with Crippen molar-refractivity contribution in [3.63, 3.8) is 0 Å². The first-order chi connectivity index (χ1) is 9.65. The zero-order valence-electron chi connectivity index (χ0n) is 11.2. The van der Waals surface area contributed by atoms with Gasteiger partial charge in [-0.15, -0.1) is 0 Å². The molecule has 2 aromatic rings. The molecule has 0 bridgehead atoms. The van der Waals surface area contributed by atoms with E-state index in [4.69, 9.17) is 0 Å². The smallest absolute Gasteiger partial charge is 0.387 e. The van der Waals surface area contributed by atoms with Crippen LogP contribution >= 0.6 is 0 Å². The molecule has 106 valence electrons. The molecule has 1 N–H and O–H groups in total. The molecule has 0 heterocycles. The summed E-state index contributed by atoms with van der Waals surface area (Å²) in [5, 5.41) is 3.39. The van der Waals surface area contributed by atoms with Crippen molar-refractivity contribution in [2.75, 3.05) is 0 Å². The molecule has 4 heteroatoms. The summed E-state index contributed by atoms with van der Waals surface area (Å²) in [6.45, 7) is -0.0219. The average molecular weight is 277 g/mol. The van der Waals surface area contributed by atoms with Crippen molar-refractivity contribution in [3.8, 4) is 5.75 Å². The van der Waals surface area contributed by atoms with E-state index < -0.39 is 6.61 Å². The van der Waals surface area contributed by atoms with Crippen molar-refractivity contribution in [1.29, 1.82) is 0 Å². The largest absolute Gasteiger partial charge is 0.435 e. The number of hydrogen-bond acceptors (Lipinski definition) is 2. The molecule has 0 aromatic heterocycles. The number of ether oxygens (including phenoxy) is 1. The zero-order chi connectivity index (χ0) is 14.4. The number of benzene rings is 2. The number of rotatable bonds is 6. The van der Waals surface area contributed by atoms with E-state index in [-0.39, 0.29) is 11.8 Å². The normalized spacial score (nSPS) is 12.4. The van der Waals surface area contributed by atoms with E-state index in [0.717, 1.165) is 5.56 Å². The van der Waals surface area contributed by atoms with Gasteiger partial charge in [-0.3, -0.25) is 0 Å². The van der Waals surface area contributed by atoms with E-state index >= 15 is 0 Å². The first-order valence-corrected chi connectivity index (χ1v) is 6.47. The van der Waals surface area contributed by atoms with Crippen molar-refractivity contribution < 1.29 is 13.5 Å². The van der Waals surface area contributed by atoms with Crippen LogP contribution in [0.1, 0.15) is 24.1 Å². The minimum absolute atomic E-state index is 0.180. The van der Waals surface area contributed by atoms with Crippen LogP contribution < -0.4 is 10.1 Å². The Labute approximate surface area is 117 Å². The second-order valence-corrected chi connectivity index (χ2v) is 4.54. The van der Waals surface area contributed by atoms with E-state index in [0.29, 0.717) is 6.54 Å². The van der Waals surface area contributed by atoms with Gasteiger partial charge in [0.05, 0.1) is 0 Å². The Kier molecular flexibility index (Phi) is 5.07. The number of hydrogen-bond donors (Lipinski definition) is 1. The second-order valence-electron chi connectivity index (χ2n) is 4.54. The lowest BCUT2D eigenvalue weighted by Crippen LogP contribution is -2.17. The molecule has 0 saturated heterocycles. The highest BCUT2D eigenvalue weighted by Crippen LogP contribution is 2.16. The van der Waals surface area contributed by atoms with Crippen LogP contribution in [0.15, 0.2) is 54.6 Å². The number of alkyl halides is 2. The molecule has 0 unspecified atom stereocenters. The third kappa shape index (κ3) is 4.31. The van der Waals surface area contributed by atoms with Crippen LogP contribution in [0.2, 0.25) is 0 Å². The number of nitrogens with one attached hydrogen (secondary N) is 1. The molecule has 2 nitrogen and oxygen atoms in total. The SMILES string of the molecule is C[C@H](NCc1ccc(OC(F)F)cc1)c1ccccc1. The minimum atomic E-state index is -2.78. The summed E-state index contributed by atoms with van der Waals surface area (Å²) in [5.74, 6) is 0.180. The van der Waals surface area contributed by atoms with Crippen LogP contribution in [0.3, 0.4) is 0 Å². The molecule has 0 amide bonds. The predicted octanol–water partition coefficient (Wildman–Crippen LogP) is 4.14. The Morgan fingerprint density at radius 1 is 1.00 bits per heavy atom. The van der Waals surface area contributed by atoms with Gasteiger partial charge in [-0.05, 0) is 30.2 Å². The van der Waals surface area contributed by atoms with Gasteiger partial charge in [-0.25, -0.2) is 0 Å². The van der Waals surface area contributed by atoms with Crippen molar-refractivity contribution in [1.82, 2.24) is 5.32 Å². The Hall–Kier alpha value is -1.94. The maximum Gasteiger partial charge on any atom is 0.387 e. The van der Waals surface area contributed by atoms with Gasteiger partial charge in [0.2, 0.25) is 0 Å². The topological polar surface area (TPSA) is 21.3 Å². The Morgan fingerprint density at radius 3 is 2.25 bits per heavy atom. The van der Waals surface area contributed by atoms with Crippen molar-refractivity contribution >= 4 is 0 Å². The van der Waals surface area contributed by atoms with Crippen LogP contribution in [0.5, 0.6) is 5.75 Å². The second kappa shape index (κ2) is 7.01. The molecule has 0 saturated carbocycles. The molecule has 20 heavy (non-hydrogen) atoms. The third-order valence-electron chi connectivity index (χ3n) is 3.06. The van der Waals surface area contributed by atoms with Gasteiger partial charge in [0.1, 0.15) is 5.75 Å². The van der Waals surface area contributed by atoms with E-state index in [1.807, 2.05) is 18.2 Å². The lowest BCUT2D eigenvalue weighted by atomic mass is 10.1. The summed E-state index contributed by atoms with van der Waals surface area (Å²) in [7, 11) is 0. The molecule has 0 spiro atoms. The fourth-order valence-corrected chi connectivity index (χ4v) is 1.92. The summed E-state index contributed by atoms with van der Waals surface area (Å²) in [5.41, 5.74) is 2.24. The van der Waals surface area contributed by atoms with E-state index in [2.05, 4.69) is 29.1 Å². The monoisotopic (exact) mass is 277 g/mol. The fraction of sp³-hybridized carbons (Fsp3) is 0.250. The molecule has 0 aliphatic carbocycles. The molecule has 0 aliphatic rings. The van der Waals surface area contributed by atoms with E-state index in [9.17, 15) is 8.78 Å². The highest BCUT2D eigenvalue weighted by Gasteiger charge is 2.05. The van der Waals surface area contributed by atoms with Gasteiger partial charge >= 0.3 is 6.61 Å². The highest BCUT2D eigenvalue weighted by molar-refractivity contribution is 5.27. The van der Waals surface area contributed by atoms with E-state index in [1.165, 1.54) is 5.56 Å². The van der Waals surface area contributed by atoms with Crippen LogP contribution in [0.4, 0.5) is 8.78 Å². The summed E-state index contributed by atoms with van der Waals surface area (Å²) in [4.78, 5) is 0. The molecule has 2 rings (SSSR count). The zero-order valence-corrected chi connectivity index (χ0v) is 11.2. The lowest BCUT2D eigenvalue weighted by Gasteiger charge is -2.14. The molecule has 0 radical (unpaired) electrons. The molecule has 0 aliphatic heterocycles. The Morgan fingerprint density at radius 2 is 1.65 bits per heavy atom. The Balaban J connectivity index is 1.88. The van der Waals surface area contributed by atoms with Gasteiger partial charge in [0.25, 0.3) is 0 Å². The first kappa shape index (κ1) is 14.5. The predicted molar refractivity (Wildman–Crippen MR) is 74.8 cm³/mol. The maximum atomic E-state index is 12.0. The summed E-state index contributed by atoms with van der Waals surface area (Å²) in [6.07, 6.45) is 0. The van der Waals surface area contributed by atoms with Gasteiger partial charge in [-0.2, -0.15) is 8.78 Å². The van der Waals surface area contributed by atoms with Crippen molar-refractivity contribution in [2.45, 2.75) is 26.1 Å². The van der Waals surface area contributed by atoms with Gasteiger partial charge in [-0.1, -0.05) is 42.5 Å². The minimum Gasteiger partial charge on any atom is -0.435 e. The van der Waals surface area contributed by atoms with Crippen LogP contribution in [0, 0.1) is 0 Å². The lowest BCUT2D eigenvalue weighted by molar-refractivity contribution is -0.0498. The van der Waals surface area contributed by atoms with Gasteiger partial charge in [0, 0.05) is 12.6 Å². The van der Waals surface area contributed by atoms with Crippen LogP contribution in [-0.2, 0) is 6.54 Å². The average Bonchev–Trinajstić information content (AvgIpc) is 2.46. The highest BCUT2D eigenvalue weighted by atomic mass is 19.3. The van der Waals surface area contributed by atoms with Gasteiger partial charge in [0.15, 0.2) is 0 Å². The van der Waals surface area contributed by atoms with Gasteiger partial charge < -0.3 is 10.1 Å². The molecular formula is C16H17F2NO. The summed E-state index contributed by atoms with van der Waals surface area (Å²) in [6, 6.07) is 17.0. The summed E-state index contributed by atoms with van der Waals surface area (Å²) >= 11 is 0. The van der Waals surface area contributed by atoms with Crippen LogP contribution in [-0.4, -0.2) is 6.61 Å². The molecular weight excluding hydrogens is 260 g/mol. The number of halogens is 2. The standard InChI is InChI=1S/C16H17F2NO/c1-12(14-5-3-2-4-6-14)19-11-13-7-9-15(10-8-13)20-16(17)18/h2-10,12,16,19H,11H2,1H3/t12-/m0/s1. The fourth-order valence-electron chi connectivity index (χ4n) is 1.92. The summed E-state index contributed by atoms with van der Waals surface area (Å²) < 4.78 is 28.4. The van der Waals surface area contributed by atoms with Crippen molar-refractivity contribution in [3.05, 3.63) is 65.7 Å². The van der Waals surface area contributed by atoms with Crippen LogP contribution in [0.25, 0.3) is 0 Å². The molecule has 1 atom stereocenters. The maximum absolute atomic E-state index is 12.0. The molecule has 0 fully saturated rings. The van der Waals surface area contributed by atoms with Crippen molar-refractivity contribution in [2.24, 2.45) is 0 Å².